The molecule has 16 heavy (non-hydrogen) atoms. The van der Waals surface area contributed by atoms with Crippen molar-refractivity contribution in [3.63, 3.8) is 0 Å². The third-order valence-electron chi connectivity index (χ3n) is 3.03. The van der Waals surface area contributed by atoms with E-state index in [0.717, 1.165) is 17.6 Å². The lowest BCUT2D eigenvalue weighted by Crippen LogP contribution is -2.42. The zero-order chi connectivity index (χ0) is 11.5. The predicted octanol–water partition coefficient (Wildman–Crippen LogP) is 2.81. The quantitative estimate of drug-likeness (QED) is 0.852. The van der Waals surface area contributed by atoms with Crippen molar-refractivity contribution < 1.29 is 0 Å². The van der Waals surface area contributed by atoms with Crippen LogP contribution in [0.1, 0.15) is 24.3 Å². The lowest BCUT2D eigenvalue weighted by atomic mass is 9.92. The number of hydrogen-bond acceptors (Lipinski definition) is 3. The molecule has 2 heterocycles. The first-order valence-corrected chi connectivity index (χ1v) is 6.61. The van der Waals surface area contributed by atoms with Gasteiger partial charge in [-0.25, -0.2) is 9.99 Å². The minimum Gasteiger partial charge on any atom is -0.258 e. The van der Waals surface area contributed by atoms with Gasteiger partial charge in [0.25, 0.3) is 0 Å². The van der Waals surface area contributed by atoms with E-state index in [9.17, 15) is 0 Å². The number of pyridine rings is 1. The summed E-state index contributed by atoms with van der Waals surface area (Å²) in [5.41, 5.74) is 4.47. The number of hydrogen-bond donors (Lipinski definition) is 1. The van der Waals surface area contributed by atoms with Crippen molar-refractivity contribution in [1.82, 2.24) is 15.4 Å². The monoisotopic (exact) mass is 303 g/mol. The Hall–Kier alpha value is -0.160. The Bertz CT molecular complexity index is 372. The molecule has 1 aromatic heterocycles. The number of nitrogens with zero attached hydrogens (tertiary/aromatic N) is 2. The molecule has 1 aliphatic rings. The summed E-state index contributed by atoms with van der Waals surface area (Å²) in [6.07, 6.45) is 4.32. The van der Waals surface area contributed by atoms with Crippen molar-refractivity contribution in [3.8, 4) is 0 Å². The molecule has 0 bridgehead atoms. The van der Waals surface area contributed by atoms with E-state index in [-0.39, 0.29) is 0 Å². The van der Waals surface area contributed by atoms with Crippen molar-refractivity contribution >= 4 is 27.5 Å². The van der Waals surface area contributed by atoms with E-state index < -0.39 is 0 Å². The van der Waals surface area contributed by atoms with Gasteiger partial charge in [-0.2, -0.15) is 0 Å². The van der Waals surface area contributed by atoms with Crippen LogP contribution in [0.25, 0.3) is 0 Å². The first-order chi connectivity index (χ1) is 7.70. The van der Waals surface area contributed by atoms with Gasteiger partial charge in [0.05, 0.1) is 4.47 Å². The Balaban J connectivity index is 2.13. The van der Waals surface area contributed by atoms with Crippen molar-refractivity contribution in [1.29, 1.82) is 0 Å². The number of halogens is 2. The van der Waals surface area contributed by atoms with Crippen LogP contribution >= 0.6 is 27.5 Å². The van der Waals surface area contributed by atoms with Crippen LogP contribution in [-0.2, 0) is 0 Å². The molecule has 1 aromatic rings. The molecular weight excluding hydrogens is 289 g/mol. The SMILES string of the molecule is CNN1CCC[C@@H](c2cnc(Cl)c(Br)c2)C1. The molecule has 0 unspecified atom stereocenters. The first-order valence-electron chi connectivity index (χ1n) is 5.44. The van der Waals surface area contributed by atoms with Crippen molar-refractivity contribution in [2.24, 2.45) is 0 Å². The van der Waals surface area contributed by atoms with Gasteiger partial charge in [0.2, 0.25) is 0 Å². The van der Waals surface area contributed by atoms with Crippen LogP contribution in [0.15, 0.2) is 16.7 Å². The number of rotatable bonds is 2. The summed E-state index contributed by atoms with van der Waals surface area (Å²) in [5, 5.41) is 2.78. The summed E-state index contributed by atoms with van der Waals surface area (Å²) < 4.78 is 0.883. The second-order valence-corrected chi connectivity index (χ2v) is 5.26. The van der Waals surface area contributed by atoms with Gasteiger partial charge >= 0.3 is 0 Å². The maximum absolute atomic E-state index is 5.89. The van der Waals surface area contributed by atoms with Crippen LogP contribution in [0.2, 0.25) is 5.15 Å². The minimum absolute atomic E-state index is 0.532. The lowest BCUT2D eigenvalue weighted by Gasteiger charge is -2.32. The van der Waals surface area contributed by atoms with E-state index in [1.54, 1.807) is 0 Å². The van der Waals surface area contributed by atoms with Crippen molar-refractivity contribution in [2.75, 3.05) is 20.1 Å². The Morgan fingerprint density at radius 1 is 1.62 bits per heavy atom. The zero-order valence-electron chi connectivity index (χ0n) is 9.21. The Morgan fingerprint density at radius 3 is 3.12 bits per heavy atom. The van der Waals surface area contributed by atoms with Crippen LogP contribution in [0.4, 0.5) is 0 Å². The van der Waals surface area contributed by atoms with Gasteiger partial charge in [0.15, 0.2) is 0 Å². The van der Waals surface area contributed by atoms with Gasteiger partial charge in [0.1, 0.15) is 5.15 Å². The van der Waals surface area contributed by atoms with Crippen LogP contribution in [0.3, 0.4) is 0 Å². The summed E-state index contributed by atoms with van der Waals surface area (Å²) in [6.45, 7) is 2.15. The number of nitrogens with one attached hydrogen (secondary N) is 1. The predicted molar refractivity (Wildman–Crippen MR) is 69.6 cm³/mol. The van der Waals surface area contributed by atoms with Crippen molar-refractivity contribution in [2.45, 2.75) is 18.8 Å². The molecule has 5 heteroatoms. The molecule has 3 nitrogen and oxygen atoms in total. The molecule has 1 aliphatic heterocycles. The van der Waals surface area contributed by atoms with Gasteiger partial charge in [0, 0.05) is 19.3 Å². The second-order valence-electron chi connectivity index (χ2n) is 4.05. The fraction of sp³-hybridized carbons (Fsp3) is 0.545. The molecule has 1 atom stereocenters. The summed E-state index contributed by atoms with van der Waals surface area (Å²) >= 11 is 9.32. The van der Waals surface area contributed by atoms with E-state index in [0.29, 0.717) is 11.1 Å². The molecule has 0 saturated carbocycles. The zero-order valence-corrected chi connectivity index (χ0v) is 11.6. The average molecular weight is 305 g/mol. The molecule has 0 spiro atoms. The molecule has 1 saturated heterocycles. The summed E-state index contributed by atoms with van der Waals surface area (Å²) in [6, 6.07) is 2.08. The topological polar surface area (TPSA) is 28.2 Å². The second kappa shape index (κ2) is 5.45. The molecule has 0 aromatic carbocycles. The molecule has 0 radical (unpaired) electrons. The van der Waals surface area contributed by atoms with Crippen LogP contribution in [-0.4, -0.2) is 30.1 Å². The molecule has 88 valence electrons. The van der Waals surface area contributed by atoms with Crippen molar-refractivity contribution in [3.05, 3.63) is 27.5 Å². The molecule has 1 fully saturated rings. The fourth-order valence-electron chi connectivity index (χ4n) is 2.11. The number of hydrazine groups is 1. The van der Waals surface area contributed by atoms with Crippen LogP contribution < -0.4 is 5.43 Å². The minimum atomic E-state index is 0.532. The molecular formula is C11H15BrClN3. The van der Waals surface area contributed by atoms with Gasteiger partial charge in [-0.3, -0.25) is 5.43 Å². The fourth-order valence-corrected chi connectivity index (χ4v) is 2.58. The summed E-state index contributed by atoms with van der Waals surface area (Å²) in [5.74, 6) is 0.544. The standard InChI is InChI=1S/C11H15BrClN3/c1-14-16-4-2-3-8(7-16)9-5-10(12)11(13)15-6-9/h5-6,8,14H,2-4,7H2,1H3/t8-/m1/s1. The summed E-state index contributed by atoms with van der Waals surface area (Å²) in [4.78, 5) is 4.18. The van der Waals surface area contributed by atoms with E-state index in [2.05, 4.69) is 37.4 Å². The van der Waals surface area contributed by atoms with Gasteiger partial charge < -0.3 is 0 Å². The Morgan fingerprint density at radius 2 is 2.44 bits per heavy atom. The third kappa shape index (κ3) is 2.74. The number of aromatic nitrogens is 1. The number of piperidine rings is 1. The largest absolute Gasteiger partial charge is 0.258 e. The van der Waals surface area contributed by atoms with Gasteiger partial charge in [-0.15, -0.1) is 0 Å². The highest BCUT2D eigenvalue weighted by molar-refractivity contribution is 9.10. The normalized spacial score (nSPS) is 22.3. The van der Waals surface area contributed by atoms with E-state index in [1.165, 1.54) is 18.4 Å². The third-order valence-corrected chi connectivity index (χ3v) is 4.16. The van der Waals surface area contributed by atoms with Crippen LogP contribution in [0, 0.1) is 0 Å². The van der Waals surface area contributed by atoms with E-state index in [4.69, 9.17) is 11.6 Å². The van der Waals surface area contributed by atoms with E-state index in [1.807, 2.05) is 13.2 Å². The van der Waals surface area contributed by atoms with E-state index >= 15 is 0 Å². The highest BCUT2D eigenvalue weighted by atomic mass is 79.9. The lowest BCUT2D eigenvalue weighted by molar-refractivity contribution is 0.154. The highest BCUT2D eigenvalue weighted by Gasteiger charge is 2.21. The molecule has 0 aliphatic carbocycles. The maximum Gasteiger partial charge on any atom is 0.143 e. The molecule has 0 amide bonds. The first kappa shape index (κ1) is 12.3. The summed E-state index contributed by atoms with van der Waals surface area (Å²) in [7, 11) is 1.97. The average Bonchev–Trinajstić information content (AvgIpc) is 2.33. The Labute approximate surface area is 109 Å². The highest BCUT2D eigenvalue weighted by Crippen LogP contribution is 2.29. The smallest absolute Gasteiger partial charge is 0.143 e. The van der Waals surface area contributed by atoms with Gasteiger partial charge in [-0.05, 0) is 53.4 Å². The Kier molecular flexibility index (Phi) is 4.19. The van der Waals surface area contributed by atoms with Crippen LogP contribution in [0.5, 0.6) is 0 Å². The molecule has 1 N–H and O–H groups in total. The maximum atomic E-state index is 5.89. The molecule has 2 rings (SSSR count). The van der Waals surface area contributed by atoms with Gasteiger partial charge in [-0.1, -0.05) is 11.6 Å².